The minimum Gasteiger partial charge on any atom is -0.550 e. The first-order chi connectivity index (χ1) is 20.2. The molecule has 1 aromatic heterocycles. The molecule has 9 nitrogen and oxygen atoms in total. The topological polar surface area (TPSA) is 141 Å². The summed E-state index contributed by atoms with van der Waals surface area (Å²) in [5.41, 5.74) is 2.82. The number of carboxylic acids is 1. The Bertz CT molecular complexity index is 1420. The van der Waals surface area contributed by atoms with Crippen LogP contribution < -0.4 is 40.0 Å². The smallest absolute Gasteiger partial charge is 0.550 e. The van der Waals surface area contributed by atoms with E-state index in [0.717, 1.165) is 5.56 Å². The number of nitrogens with zero attached hydrogens (tertiary/aromatic N) is 1. The summed E-state index contributed by atoms with van der Waals surface area (Å²) in [6.45, 7) is 8.64. The van der Waals surface area contributed by atoms with E-state index in [0.29, 0.717) is 22.4 Å². The van der Waals surface area contributed by atoms with Crippen LogP contribution in [0.5, 0.6) is 0 Å². The number of amides is 1. The molecule has 0 aliphatic heterocycles. The van der Waals surface area contributed by atoms with Gasteiger partial charge in [0, 0.05) is 35.3 Å². The Labute approximate surface area is 279 Å². The molecule has 0 bridgehead atoms. The number of hydrogen-bond acceptors (Lipinski definition) is 7. The number of carbonyl (C=O) groups excluding carboxylic acids is 3. The van der Waals surface area contributed by atoms with Crippen molar-refractivity contribution in [2.45, 2.75) is 84.2 Å². The predicted molar refractivity (Wildman–Crippen MR) is 158 cm³/mol. The first-order valence-corrected chi connectivity index (χ1v) is 14.3. The molecule has 0 spiro atoms. The van der Waals surface area contributed by atoms with Gasteiger partial charge in [-0.1, -0.05) is 42.5 Å². The van der Waals surface area contributed by atoms with Gasteiger partial charge in [-0.05, 0) is 77.1 Å². The quantitative estimate of drug-likeness (QED) is 0.190. The Morgan fingerprint density at radius 2 is 1.55 bits per heavy atom. The second-order valence-corrected chi connectivity index (χ2v) is 11.8. The Kier molecular flexibility index (Phi) is 13.8. The van der Waals surface area contributed by atoms with Crippen molar-refractivity contribution in [3.63, 3.8) is 0 Å². The van der Waals surface area contributed by atoms with Crippen LogP contribution in [-0.4, -0.2) is 57.0 Å². The van der Waals surface area contributed by atoms with Gasteiger partial charge in [0.05, 0.1) is 12.2 Å². The van der Waals surface area contributed by atoms with Crippen LogP contribution >= 0.6 is 0 Å². The van der Waals surface area contributed by atoms with Gasteiger partial charge in [-0.2, -0.15) is 0 Å². The Hall–Kier alpha value is -3.02. The van der Waals surface area contributed by atoms with Crippen molar-refractivity contribution in [3.8, 4) is 22.3 Å². The number of aromatic nitrogens is 1. The number of carboxylic acid groups (broad SMARTS) is 1. The van der Waals surface area contributed by atoms with Gasteiger partial charge in [0.15, 0.2) is 0 Å². The van der Waals surface area contributed by atoms with Crippen molar-refractivity contribution >= 4 is 17.8 Å². The minimum absolute atomic E-state index is 0. The Balaban J connectivity index is 0.00000675. The molecule has 3 N–H and O–H groups in total. The van der Waals surface area contributed by atoms with Gasteiger partial charge < -0.3 is 34.7 Å². The number of aliphatic hydroxyl groups is 2. The molecule has 44 heavy (non-hydrogen) atoms. The molecule has 11 heteroatoms. The summed E-state index contributed by atoms with van der Waals surface area (Å²) in [6, 6.07) is 14.9. The maximum atomic E-state index is 14.0. The standard InChI is InChI=1S/C33H41FN2O7.Na/c1-20(2)36-26(16-15-24(37)17-25(38)18-27(39)40)29(22-11-13-23(34)14-12-22)30(21-9-7-6-8-10-21)31(36)32(42)35-19-28(41)43-33(3,4)5;/h6-14,20,24-25,37-38H,15-19H2,1-5H3,(H,35,42)(H,39,40);/q;+1/p-1/t24-,25-;/m1./s1. The van der Waals surface area contributed by atoms with Crippen LogP contribution in [0.25, 0.3) is 22.3 Å². The first kappa shape index (κ1) is 37.2. The summed E-state index contributed by atoms with van der Waals surface area (Å²) in [6.07, 6.45) is -2.71. The maximum Gasteiger partial charge on any atom is 1.00 e. The maximum absolute atomic E-state index is 14.0. The molecule has 1 amide bonds. The number of rotatable bonds is 13. The number of ether oxygens (including phenoxy) is 1. The third-order valence-corrected chi connectivity index (χ3v) is 6.71. The average Bonchev–Trinajstić information content (AvgIpc) is 3.25. The SMILES string of the molecule is CC(C)n1c(CC[C@@H](O)C[C@@H](O)CC(=O)[O-])c(-c2ccc(F)cc2)c(-c2ccccc2)c1C(=O)NCC(=O)OC(C)(C)C.[Na+]. The van der Waals surface area contributed by atoms with E-state index in [1.54, 1.807) is 32.9 Å². The number of nitrogens with one attached hydrogen (secondary N) is 1. The molecule has 232 valence electrons. The van der Waals surface area contributed by atoms with Crippen LogP contribution in [-0.2, 0) is 20.7 Å². The molecule has 3 rings (SSSR count). The molecule has 0 aliphatic rings. The summed E-state index contributed by atoms with van der Waals surface area (Å²) in [5.74, 6) is -2.95. The molecule has 0 saturated carbocycles. The second kappa shape index (κ2) is 16.3. The fourth-order valence-electron chi connectivity index (χ4n) is 5.11. The van der Waals surface area contributed by atoms with E-state index in [1.165, 1.54) is 12.1 Å². The van der Waals surface area contributed by atoms with Gasteiger partial charge in [-0.3, -0.25) is 9.59 Å². The molecular formula is C33H40FN2NaO7. The van der Waals surface area contributed by atoms with E-state index < -0.39 is 47.9 Å². The average molecular weight is 619 g/mol. The van der Waals surface area contributed by atoms with E-state index >= 15 is 0 Å². The summed E-state index contributed by atoms with van der Waals surface area (Å²) >= 11 is 0. The zero-order valence-electron chi connectivity index (χ0n) is 26.2. The van der Waals surface area contributed by atoms with E-state index in [9.17, 15) is 34.1 Å². The van der Waals surface area contributed by atoms with E-state index in [4.69, 9.17) is 4.74 Å². The van der Waals surface area contributed by atoms with E-state index in [2.05, 4.69) is 5.32 Å². The number of aliphatic carboxylic acids is 1. The normalized spacial score (nSPS) is 12.8. The molecule has 0 fully saturated rings. The molecular weight excluding hydrogens is 578 g/mol. The van der Waals surface area contributed by atoms with E-state index in [-0.39, 0.29) is 67.1 Å². The largest absolute Gasteiger partial charge is 1.00 e. The summed E-state index contributed by atoms with van der Waals surface area (Å²) < 4.78 is 21.2. The van der Waals surface area contributed by atoms with Crippen LogP contribution in [0.2, 0.25) is 0 Å². The molecule has 2 atom stereocenters. The third-order valence-electron chi connectivity index (χ3n) is 6.71. The van der Waals surface area contributed by atoms with Gasteiger partial charge in [0.2, 0.25) is 0 Å². The number of esters is 1. The van der Waals surface area contributed by atoms with Crippen molar-refractivity contribution in [1.29, 1.82) is 0 Å². The van der Waals surface area contributed by atoms with Gasteiger partial charge >= 0.3 is 35.5 Å². The molecule has 0 unspecified atom stereocenters. The van der Waals surface area contributed by atoms with Gasteiger partial charge in [0.25, 0.3) is 5.91 Å². The number of hydrogen-bond donors (Lipinski definition) is 3. The Morgan fingerprint density at radius 1 is 0.955 bits per heavy atom. The summed E-state index contributed by atoms with van der Waals surface area (Å²) in [4.78, 5) is 37.3. The number of carbonyl (C=O) groups is 3. The monoisotopic (exact) mass is 618 g/mol. The van der Waals surface area contributed by atoms with Crippen LogP contribution in [0.1, 0.15) is 76.1 Å². The van der Waals surface area contributed by atoms with Gasteiger partial charge in [-0.15, -0.1) is 0 Å². The van der Waals surface area contributed by atoms with Gasteiger partial charge in [-0.25, -0.2) is 4.39 Å². The fraction of sp³-hybridized carbons (Fsp3) is 0.424. The fourth-order valence-corrected chi connectivity index (χ4v) is 5.11. The minimum atomic E-state index is -1.42. The molecule has 0 radical (unpaired) electrons. The molecule has 0 aliphatic carbocycles. The number of benzene rings is 2. The van der Waals surface area contributed by atoms with Gasteiger partial charge in [0.1, 0.15) is 23.7 Å². The molecule has 0 saturated heterocycles. The molecule has 3 aromatic rings. The predicted octanol–water partition coefficient (Wildman–Crippen LogP) is 0.802. The summed E-state index contributed by atoms with van der Waals surface area (Å²) in [5, 5.41) is 34.3. The first-order valence-electron chi connectivity index (χ1n) is 14.3. The van der Waals surface area contributed by atoms with E-state index in [1.807, 2.05) is 48.7 Å². The molecule has 2 aromatic carbocycles. The zero-order chi connectivity index (χ0) is 31.9. The van der Waals surface area contributed by atoms with Crippen molar-refractivity contribution in [2.24, 2.45) is 0 Å². The van der Waals surface area contributed by atoms with Crippen molar-refractivity contribution in [2.75, 3.05) is 6.54 Å². The van der Waals surface area contributed by atoms with Crippen molar-refractivity contribution < 1.29 is 68.4 Å². The van der Waals surface area contributed by atoms with Crippen LogP contribution in [0, 0.1) is 5.82 Å². The number of aliphatic hydroxyl groups excluding tert-OH is 2. The van der Waals surface area contributed by atoms with Crippen molar-refractivity contribution in [1.82, 2.24) is 9.88 Å². The second-order valence-electron chi connectivity index (χ2n) is 11.8. The third kappa shape index (κ3) is 10.3. The van der Waals surface area contributed by atoms with Crippen LogP contribution in [0.4, 0.5) is 4.39 Å². The Morgan fingerprint density at radius 3 is 2.09 bits per heavy atom. The van der Waals surface area contributed by atoms with Crippen LogP contribution in [0.15, 0.2) is 54.6 Å². The zero-order valence-corrected chi connectivity index (χ0v) is 28.2. The van der Waals surface area contributed by atoms with Crippen molar-refractivity contribution in [3.05, 3.63) is 71.8 Å². The summed E-state index contributed by atoms with van der Waals surface area (Å²) in [7, 11) is 0. The van der Waals surface area contributed by atoms with Crippen LogP contribution in [0.3, 0.4) is 0 Å². The number of halogens is 1. The molecule has 1 heterocycles.